The number of hydrogen-bond acceptors (Lipinski definition) is 6. The first kappa shape index (κ1) is 15.4. The molecule has 0 N–H and O–H groups in total. The van der Waals surface area contributed by atoms with E-state index in [2.05, 4.69) is 14.6 Å². The predicted molar refractivity (Wildman–Crippen MR) is 69.7 cm³/mol. The number of ether oxygens (including phenoxy) is 1. The molecular weight excluding hydrogens is 316 g/mol. The van der Waals surface area contributed by atoms with Crippen LogP contribution in [0.15, 0.2) is 23.0 Å². The number of halogens is 2. The third-order valence-corrected chi connectivity index (χ3v) is 3.30. The molecule has 10 heteroatoms. The van der Waals surface area contributed by atoms with Crippen molar-refractivity contribution in [2.75, 3.05) is 19.7 Å². The second-order valence-electron chi connectivity index (χ2n) is 5.09. The second-order valence-corrected chi connectivity index (χ2v) is 5.09. The van der Waals surface area contributed by atoms with Gasteiger partial charge in [0.25, 0.3) is 0 Å². The highest BCUT2D eigenvalue weighted by Crippen LogP contribution is 2.31. The molecule has 1 fully saturated rings. The van der Waals surface area contributed by atoms with Crippen LogP contribution in [0.25, 0.3) is 5.57 Å². The van der Waals surface area contributed by atoms with Crippen molar-refractivity contribution in [3.05, 3.63) is 24.4 Å². The SMILES string of the molecule is CC(=O)OCC(F)(F)ON1C(=O)N2CC(c3ncco3)=CC1C2. The lowest BCUT2D eigenvalue weighted by molar-refractivity contribution is -0.347. The molecular formula is C13H13F2N3O5. The van der Waals surface area contributed by atoms with Crippen molar-refractivity contribution in [3.63, 3.8) is 0 Å². The maximum Gasteiger partial charge on any atom is 0.409 e. The number of urea groups is 1. The van der Waals surface area contributed by atoms with Gasteiger partial charge in [0.2, 0.25) is 5.89 Å². The highest BCUT2D eigenvalue weighted by Gasteiger charge is 2.47. The van der Waals surface area contributed by atoms with Crippen LogP contribution in [0.4, 0.5) is 13.6 Å². The fourth-order valence-electron chi connectivity index (χ4n) is 2.39. The van der Waals surface area contributed by atoms with E-state index in [9.17, 15) is 18.4 Å². The minimum absolute atomic E-state index is 0.186. The van der Waals surface area contributed by atoms with Gasteiger partial charge in [0, 0.05) is 19.0 Å². The Hall–Kier alpha value is -2.49. The molecule has 0 aliphatic carbocycles. The van der Waals surface area contributed by atoms with Crippen LogP contribution in [0.3, 0.4) is 0 Å². The summed E-state index contributed by atoms with van der Waals surface area (Å²) >= 11 is 0. The smallest absolute Gasteiger partial charge is 0.409 e. The molecule has 0 spiro atoms. The first-order chi connectivity index (χ1) is 10.9. The second kappa shape index (κ2) is 5.61. The van der Waals surface area contributed by atoms with Crippen LogP contribution in [-0.4, -0.2) is 58.8 Å². The van der Waals surface area contributed by atoms with Gasteiger partial charge in [-0.15, -0.1) is 0 Å². The summed E-state index contributed by atoms with van der Waals surface area (Å²) in [4.78, 5) is 32.5. The Morgan fingerprint density at radius 1 is 1.57 bits per heavy atom. The van der Waals surface area contributed by atoms with Gasteiger partial charge in [0.15, 0.2) is 6.61 Å². The van der Waals surface area contributed by atoms with E-state index in [0.717, 1.165) is 6.92 Å². The van der Waals surface area contributed by atoms with Crippen LogP contribution in [0, 0.1) is 0 Å². The summed E-state index contributed by atoms with van der Waals surface area (Å²) in [5.41, 5.74) is 0.606. The molecule has 2 aliphatic rings. The lowest BCUT2D eigenvalue weighted by atomic mass is 10.1. The molecule has 0 saturated carbocycles. The first-order valence-corrected chi connectivity index (χ1v) is 6.75. The van der Waals surface area contributed by atoms with Gasteiger partial charge in [-0.25, -0.2) is 9.78 Å². The average Bonchev–Trinajstić information content (AvgIpc) is 3.09. The Labute approximate surface area is 129 Å². The molecule has 3 heterocycles. The fourth-order valence-corrected chi connectivity index (χ4v) is 2.39. The van der Waals surface area contributed by atoms with Gasteiger partial charge in [0.05, 0.1) is 18.8 Å². The Morgan fingerprint density at radius 3 is 3.00 bits per heavy atom. The minimum Gasteiger partial charge on any atom is -0.456 e. The third kappa shape index (κ3) is 3.16. The van der Waals surface area contributed by atoms with E-state index in [1.54, 1.807) is 6.08 Å². The monoisotopic (exact) mass is 329 g/mol. The number of fused-ring (bicyclic) bond motifs is 2. The first-order valence-electron chi connectivity index (χ1n) is 6.75. The number of oxazole rings is 1. The molecule has 23 heavy (non-hydrogen) atoms. The molecule has 2 aliphatic heterocycles. The summed E-state index contributed by atoms with van der Waals surface area (Å²) in [6.45, 7) is 0.133. The number of alkyl halides is 2. The summed E-state index contributed by atoms with van der Waals surface area (Å²) in [6, 6.07) is -1.41. The standard InChI is InChI=1S/C13H13F2N3O5/c1-8(19)22-7-13(14,15)23-18-10-4-9(11-16-2-3-21-11)5-17(6-10)12(18)20/h2-4,10H,5-7H2,1H3. The number of carbonyl (C=O) groups is 2. The molecule has 0 radical (unpaired) electrons. The zero-order chi connectivity index (χ0) is 16.6. The van der Waals surface area contributed by atoms with Crippen molar-refractivity contribution < 1.29 is 32.4 Å². The zero-order valence-electron chi connectivity index (χ0n) is 12.1. The van der Waals surface area contributed by atoms with E-state index >= 15 is 0 Å². The van der Waals surface area contributed by atoms with Crippen LogP contribution in [0.2, 0.25) is 0 Å². The molecule has 124 valence electrons. The maximum atomic E-state index is 13.7. The van der Waals surface area contributed by atoms with Gasteiger partial charge >= 0.3 is 18.1 Å². The highest BCUT2D eigenvalue weighted by molar-refractivity contribution is 5.81. The number of carbonyl (C=O) groups excluding carboxylic acids is 2. The third-order valence-electron chi connectivity index (χ3n) is 3.30. The van der Waals surface area contributed by atoms with Gasteiger partial charge in [0.1, 0.15) is 6.26 Å². The summed E-state index contributed by atoms with van der Waals surface area (Å²) in [6.07, 6.45) is 0.614. The van der Waals surface area contributed by atoms with E-state index in [4.69, 9.17) is 4.42 Å². The quantitative estimate of drug-likeness (QED) is 0.756. The number of rotatable bonds is 5. The van der Waals surface area contributed by atoms with E-state index < -0.39 is 30.8 Å². The summed E-state index contributed by atoms with van der Waals surface area (Å²) in [5.74, 6) is -0.546. The van der Waals surface area contributed by atoms with Crippen LogP contribution in [0.1, 0.15) is 12.8 Å². The molecule has 1 unspecified atom stereocenters. The van der Waals surface area contributed by atoms with Crippen molar-refractivity contribution in [1.82, 2.24) is 14.9 Å². The number of nitrogens with zero attached hydrogens (tertiary/aromatic N) is 3. The molecule has 1 aromatic heterocycles. The Bertz CT molecular complexity index is 646. The van der Waals surface area contributed by atoms with E-state index in [1.807, 2.05) is 0 Å². The predicted octanol–water partition coefficient (Wildman–Crippen LogP) is 1.27. The normalized spacial score (nSPS) is 20.7. The number of esters is 1. The lowest BCUT2D eigenvalue weighted by Gasteiger charge is -2.24. The molecule has 1 saturated heterocycles. The van der Waals surface area contributed by atoms with Crippen LogP contribution in [-0.2, 0) is 14.4 Å². The summed E-state index contributed by atoms with van der Waals surface area (Å²) < 4.78 is 36.7. The highest BCUT2D eigenvalue weighted by atomic mass is 19.3. The Kier molecular flexibility index (Phi) is 3.76. The average molecular weight is 329 g/mol. The van der Waals surface area contributed by atoms with Crippen molar-refractivity contribution in [2.45, 2.75) is 19.1 Å². The molecule has 2 bridgehead atoms. The summed E-state index contributed by atoms with van der Waals surface area (Å²) in [5, 5.41) is 0.583. The number of hydrogen-bond donors (Lipinski definition) is 0. The summed E-state index contributed by atoms with van der Waals surface area (Å²) in [7, 11) is 0. The van der Waals surface area contributed by atoms with E-state index in [-0.39, 0.29) is 13.1 Å². The number of hydroxylamine groups is 2. The Morgan fingerprint density at radius 2 is 2.35 bits per heavy atom. The molecule has 1 atom stereocenters. The van der Waals surface area contributed by atoms with Crippen LogP contribution >= 0.6 is 0 Å². The van der Waals surface area contributed by atoms with Gasteiger partial charge < -0.3 is 14.1 Å². The van der Waals surface area contributed by atoms with Crippen molar-refractivity contribution in [3.8, 4) is 0 Å². The number of amides is 2. The van der Waals surface area contributed by atoms with Crippen LogP contribution in [0.5, 0.6) is 0 Å². The largest absolute Gasteiger partial charge is 0.456 e. The molecule has 1 aromatic rings. The van der Waals surface area contributed by atoms with E-state index in [0.29, 0.717) is 16.5 Å². The fraction of sp³-hybridized carbons (Fsp3) is 0.462. The molecule has 0 aromatic carbocycles. The molecule has 3 rings (SSSR count). The Balaban J connectivity index is 1.74. The van der Waals surface area contributed by atoms with Crippen molar-refractivity contribution in [2.24, 2.45) is 0 Å². The van der Waals surface area contributed by atoms with Gasteiger partial charge in [-0.3, -0.25) is 4.79 Å². The van der Waals surface area contributed by atoms with Gasteiger partial charge in [-0.2, -0.15) is 18.7 Å². The van der Waals surface area contributed by atoms with Gasteiger partial charge in [-0.1, -0.05) is 0 Å². The van der Waals surface area contributed by atoms with Crippen molar-refractivity contribution in [1.29, 1.82) is 0 Å². The topological polar surface area (TPSA) is 85.1 Å². The lowest BCUT2D eigenvalue weighted by Crippen LogP contribution is -2.42. The van der Waals surface area contributed by atoms with Crippen molar-refractivity contribution >= 4 is 17.6 Å². The molecule has 2 amide bonds. The number of aromatic nitrogens is 1. The van der Waals surface area contributed by atoms with Crippen LogP contribution < -0.4 is 0 Å². The van der Waals surface area contributed by atoms with E-state index in [1.165, 1.54) is 17.4 Å². The van der Waals surface area contributed by atoms with Gasteiger partial charge in [-0.05, 0) is 6.08 Å². The zero-order valence-corrected chi connectivity index (χ0v) is 12.1. The molecule has 8 nitrogen and oxygen atoms in total. The minimum atomic E-state index is -3.81. The maximum absolute atomic E-state index is 13.7.